The number of imide groups is 1. The lowest BCUT2D eigenvalue weighted by Crippen LogP contribution is -2.35. The zero-order valence-electron chi connectivity index (χ0n) is 12.4. The highest BCUT2D eigenvalue weighted by atomic mass is 16.5. The molecule has 2 amide bonds. The first-order valence-electron chi connectivity index (χ1n) is 6.73. The first-order valence-corrected chi connectivity index (χ1v) is 6.73. The highest BCUT2D eigenvalue weighted by Gasteiger charge is 2.39. The second kappa shape index (κ2) is 6.46. The van der Waals surface area contributed by atoms with E-state index in [0.29, 0.717) is 17.9 Å². The third-order valence-electron chi connectivity index (χ3n) is 3.56. The van der Waals surface area contributed by atoms with Crippen LogP contribution in [0.15, 0.2) is 18.2 Å². The first-order chi connectivity index (χ1) is 10.5. The van der Waals surface area contributed by atoms with Gasteiger partial charge in [-0.25, -0.2) is 0 Å². The van der Waals surface area contributed by atoms with Gasteiger partial charge in [0.2, 0.25) is 11.8 Å². The minimum absolute atomic E-state index is 0.0282. The molecule has 1 aliphatic heterocycles. The van der Waals surface area contributed by atoms with E-state index in [9.17, 15) is 14.4 Å². The van der Waals surface area contributed by atoms with Gasteiger partial charge in [0.25, 0.3) is 0 Å². The monoisotopic (exact) mass is 307 g/mol. The molecule has 0 spiro atoms. The number of carboxylic acid groups (broad SMARTS) is 1. The minimum Gasteiger partial charge on any atom is -0.493 e. The Balaban J connectivity index is 2.13. The number of hydrogen-bond acceptors (Lipinski definition) is 5. The number of aliphatic carboxylic acids is 1. The number of likely N-dealkylation sites (tertiary alicyclic amines) is 1. The maximum atomic E-state index is 12.1. The van der Waals surface area contributed by atoms with E-state index >= 15 is 0 Å². The number of nitrogens with zero attached hydrogens (tertiary/aromatic N) is 1. The number of amides is 2. The van der Waals surface area contributed by atoms with E-state index in [4.69, 9.17) is 14.6 Å². The molecule has 1 aromatic carbocycles. The van der Waals surface area contributed by atoms with Crippen molar-refractivity contribution in [2.24, 2.45) is 5.92 Å². The fourth-order valence-electron chi connectivity index (χ4n) is 2.50. The van der Waals surface area contributed by atoms with Crippen LogP contribution in [0.3, 0.4) is 0 Å². The molecule has 1 N–H and O–H groups in total. The van der Waals surface area contributed by atoms with E-state index in [0.717, 1.165) is 10.5 Å². The molecule has 0 radical (unpaired) electrons. The molecule has 7 nitrogen and oxygen atoms in total. The summed E-state index contributed by atoms with van der Waals surface area (Å²) < 4.78 is 10.3. The van der Waals surface area contributed by atoms with Crippen LogP contribution in [0.1, 0.15) is 12.0 Å². The van der Waals surface area contributed by atoms with Crippen molar-refractivity contribution in [3.63, 3.8) is 0 Å². The number of carboxylic acids is 1. The lowest BCUT2D eigenvalue weighted by molar-refractivity contribution is -0.149. The van der Waals surface area contributed by atoms with Crippen LogP contribution in [-0.4, -0.2) is 48.6 Å². The third kappa shape index (κ3) is 3.19. The number of benzene rings is 1. The predicted octanol–water partition coefficient (Wildman–Crippen LogP) is 0.706. The highest BCUT2D eigenvalue weighted by molar-refractivity contribution is 6.05. The molecule has 1 saturated heterocycles. The summed E-state index contributed by atoms with van der Waals surface area (Å²) >= 11 is 0. The average molecular weight is 307 g/mol. The molecule has 0 saturated carbocycles. The summed E-state index contributed by atoms with van der Waals surface area (Å²) in [4.78, 5) is 35.3. The van der Waals surface area contributed by atoms with Gasteiger partial charge in [-0.3, -0.25) is 19.3 Å². The van der Waals surface area contributed by atoms with E-state index < -0.39 is 30.2 Å². The third-order valence-corrected chi connectivity index (χ3v) is 3.56. The Labute approximate surface area is 127 Å². The van der Waals surface area contributed by atoms with Gasteiger partial charge in [-0.1, -0.05) is 6.07 Å². The van der Waals surface area contributed by atoms with Gasteiger partial charge in [-0.05, 0) is 24.1 Å². The summed E-state index contributed by atoms with van der Waals surface area (Å²) in [5.41, 5.74) is 0.820. The first kappa shape index (κ1) is 15.8. The SMILES string of the molecule is COc1ccc(CC2CC(=O)N(CC(=O)O)C2=O)cc1OC. The number of rotatable bonds is 6. The van der Waals surface area contributed by atoms with Crippen molar-refractivity contribution >= 4 is 17.8 Å². The smallest absolute Gasteiger partial charge is 0.323 e. The quantitative estimate of drug-likeness (QED) is 0.778. The Morgan fingerprint density at radius 3 is 2.55 bits per heavy atom. The largest absolute Gasteiger partial charge is 0.493 e. The van der Waals surface area contributed by atoms with E-state index in [1.165, 1.54) is 14.2 Å². The summed E-state index contributed by atoms with van der Waals surface area (Å²) in [6.45, 7) is -0.583. The lowest BCUT2D eigenvalue weighted by Gasteiger charge is -2.13. The van der Waals surface area contributed by atoms with Crippen molar-refractivity contribution in [3.05, 3.63) is 23.8 Å². The van der Waals surface area contributed by atoms with Gasteiger partial charge < -0.3 is 14.6 Å². The van der Waals surface area contributed by atoms with Gasteiger partial charge in [0.05, 0.1) is 20.1 Å². The summed E-state index contributed by atoms with van der Waals surface area (Å²) in [7, 11) is 3.04. The Kier molecular flexibility index (Phi) is 4.65. The highest BCUT2D eigenvalue weighted by Crippen LogP contribution is 2.30. The standard InChI is InChI=1S/C15H17NO6/c1-21-11-4-3-9(6-12(11)22-2)5-10-7-13(17)16(15(10)20)8-14(18)19/h3-4,6,10H,5,7-8H2,1-2H3,(H,18,19). The second-order valence-corrected chi connectivity index (χ2v) is 5.01. The van der Waals surface area contributed by atoms with Crippen LogP contribution in [-0.2, 0) is 20.8 Å². The Bertz CT molecular complexity index is 612. The molecule has 1 aromatic rings. The van der Waals surface area contributed by atoms with Crippen LogP contribution < -0.4 is 9.47 Å². The molecule has 1 heterocycles. The molecule has 1 atom stereocenters. The van der Waals surface area contributed by atoms with Crippen molar-refractivity contribution < 1.29 is 29.0 Å². The minimum atomic E-state index is -1.20. The van der Waals surface area contributed by atoms with E-state index in [1.54, 1.807) is 18.2 Å². The van der Waals surface area contributed by atoms with Crippen molar-refractivity contribution in [2.75, 3.05) is 20.8 Å². The molecule has 118 valence electrons. The van der Waals surface area contributed by atoms with Crippen LogP contribution in [0, 0.1) is 5.92 Å². The van der Waals surface area contributed by atoms with Crippen molar-refractivity contribution in [1.29, 1.82) is 0 Å². The Morgan fingerprint density at radius 2 is 1.95 bits per heavy atom. The summed E-state index contributed by atoms with van der Waals surface area (Å²) in [5.74, 6) is -1.51. The van der Waals surface area contributed by atoms with E-state index in [-0.39, 0.29) is 6.42 Å². The van der Waals surface area contributed by atoms with Crippen molar-refractivity contribution in [3.8, 4) is 11.5 Å². The maximum absolute atomic E-state index is 12.1. The molecule has 0 bridgehead atoms. The number of ether oxygens (including phenoxy) is 2. The summed E-state index contributed by atoms with van der Waals surface area (Å²) in [6, 6.07) is 5.26. The van der Waals surface area contributed by atoms with Gasteiger partial charge in [0, 0.05) is 6.42 Å². The summed E-state index contributed by atoms with van der Waals surface area (Å²) in [6.07, 6.45) is 0.376. The number of carbonyl (C=O) groups is 3. The van der Waals surface area contributed by atoms with Crippen LogP contribution in [0.2, 0.25) is 0 Å². The van der Waals surface area contributed by atoms with Gasteiger partial charge >= 0.3 is 5.97 Å². The zero-order chi connectivity index (χ0) is 16.3. The van der Waals surface area contributed by atoms with Crippen molar-refractivity contribution in [1.82, 2.24) is 4.90 Å². The number of carbonyl (C=O) groups excluding carboxylic acids is 2. The number of methoxy groups -OCH3 is 2. The van der Waals surface area contributed by atoms with Gasteiger partial charge in [0.1, 0.15) is 6.54 Å². The normalized spacial score (nSPS) is 17.7. The van der Waals surface area contributed by atoms with Crippen molar-refractivity contribution in [2.45, 2.75) is 12.8 Å². The van der Waals surface area contributed by atoms with Crippen LogP contribution in [0.4, 0.5) is 0 Å². The average Bonchev–Trinajstić information content (AvgIpc) is 2.74. The second-order valence-electron chi connectivity index (χ2n) is 5.01. The fourth-order valence-corrected chi connectivity index (χ4v) is 2.50. The molecule has 1 fully saturated rings. The Morgan fingerprint density at radius 1 is 1.27 bits per heavy atom. The fraction of sp³-hybridized carbons (Fsp3) is 0.400. The topological polar surface area (TPSA) is 93.1 Å². The van der Waals surface area contributed by atoms with Gasteiger partial charge in [-0.2, -0.15) is 0 Å². The molecule has 0 aromatic heterocycles. The number of hydrogen-bond donors (Lipinski definition) is 1. The lowest BCUT2D eigenvalue weighted by atomic mass is 9.97. The Hall–Kier alpha value is -2.57. The van der Waals surface area contributed by atoms with Gasteiger partial charge in [0.15, 0.2) is 11.5 Å². The maximum Gasteiger partial charge on any atom is 0.323 e. The molecule has 2 rings (SSSR count). The molecule has 22 heavy (non-hydrogen) atoms. The molecule has 1 aliphatic rings. The van der Waals surface area contributed by atoms with E-state index in [2.05, 4.69) is 0 Å². The zero-order valence-corrected chi connectivity index (χ0v) is 12.4. The molecule has 1 unspecified atom stereocenters. The van der Waals surface area contributed by atoms with Crippen LogP contribution in [0.5, 0.6) is 11.5 Å². The molecule has 7 heteroatoms. The predicted molar refractivity (Wildman–Crippen MR) is 75.7 cm³/mol. The van der Waals surface area contributed by atoms with Gasteiger partial charge in [-0.15, -0.1) is 0 Å². The van der Waals surface area contributed by atoms with Crippen LogP contribution >= 0.6 is 0 Å². The van der Waals surface area contributed by atoms with E-state index in [1.807, 2.05) is 0 Å². The molecule has 0 aliphatic carbocycles. The molecular formula is C15H17NO6. The molecular weight excluding hydrogens is 290 g/mol. The van der Waals surface area contributed by atoms with Crippen LogP contribution in [0.25, 0.3) is 0 Å². The summed E-state index contributed by atoms with van der Waals surface area (Å²) in [5, 5.41) is 8.73.